The lowest BCUT2D eigenvalue weighted by molar-refractivity contribution is 0.0937. The topological polar surface area (TPSA) is 56.1 Å². The van der Waals surface area contributed by atoms with Gasteiger partial charge in [-0.15, -0.1) is 0 Å². The fourth-order valence-corrected chi connectivity index (χ4v) is 3.94. The van der Waals surface area contributed by atoms with Crippen LogP contribution in [0.15, 0.2) is 72.8 Å². The van der Waals surface area contributed by atoms with Gasteiger partial charge in [-0.3, -0.25) is 4.79 Å². The highest BCUT2D eigenvalue weighted by molar-refractivity contribution is 6.30. The van der Waals surface area contributed by atoms with Crippen LogP contribution in [0.3, 0.4) is 0 Å². The van der Waals surface area contributed by atoms with Crippen LogP contribution < -0.4 is 10.1 Å². The van der Waals surface area contributed by atoms with Crippen molar-refractivity contribution >= 4 is 28.5 Å². The predicted molar refractivity (Wildman–Crippen MR) is 128 cm³/mol. The molecule has 32 heavy (non-hydrogen) atoms. The molecule has 0 radical (unpaired) electrons. The van der Waals surface area contributed by atoms with E-state index in [0.717, 1.165) is 35.6 Å². The average molecular weight is 448 g/mol. The zero-order valence-corrected chi connectivity index (χ0v) is 19.0. The summed E-state index contributed by atoms with van der Waals surface area (Å²) in [6, 6.07) is 22.7. The van der Waals surface area contributed by atoms with Crippen LogP contribution in [-0.4, -0.2) is 22.1 Å². The number of rotatable bonds is 8. The van der Waals surface area contributed by atoms with Crippen molar-refractivity contribution in [1.82, 2.24) is 14.9 Å². The molecule has 1 N–H and O–H groups in total. The second-order valence-corrected chi connectivity index (χ2v) is 8.27. The van der Waals surface area contributed by atoms with Crippen molar-refractivity contribution in [3.63, 3.8) is 0 Å². The normalized spacial score (nSPS) is 12.0. The van der Waals surface area contributed by atoms with E-state index in [1.807, 2.05) is 43.3 Å². The molecule has 0 saturated carbocycles. The second-order valence-electron chi connectivity index (χ2n) is 7.83. The average Bonchev–Trinajstić information content (AvgIpc) is 3.15. The third-order valence-corrected chi connectivity index (χ3v) is 5.53. The smallest absolute Gasteiger partial charge is 0.251 e. The maximum atomic E-state index is 12.7. The number of para-hydroxylation sites is 2. The van der Waals surface area contributed by atoms with E-state index in [2.05, 4.69) is 28.9 Å². The Hall–Kier alpha value is -3.31. The van der Waals surface area contributed by atoms with Gasteiger partial charge in [-0.05, 0) is 68.3 Å². The number of imidazole rings is 1. The monoisotopic (exact) mass is 447 g/mol. The fraction of sp³-hybridized carbons (Fsp3) is 0.231. The van der Waals surface area contributed by atoms with Gasteiger partial charge >= 0.3 is 0 Å². The highest BCUT2D eigenvalue weighted by Gasteiger charge is 2.19. The van der Waals surface area contributed by atoms with Gasteiger partial charge in [-0.1, -0.05) is 41.9 Å². The molecule has 0 fully saturated rings. The lowest BCUT2D eigenvalue weighted by Crippen LogP contribution is -2.28. The van der Waals surface area contributed by atoms with E-state index in [0.29, 0.717) is 17.2 Å². The molecule has 0 bridgehead atoms. The van der Waals surface area contributed by atoms with Gasteiger partial charge in [0.2, 0.25) is 0 Å². The lowest BCUT2D eigenvalue weighted by Gasteiger charge is -2.17. The molecule has 6 heteroatoms. The van der Waals surface area contributed by atoms with E-state index >= 15 is 0 Å². The maximum absolute atomic E-state index is 12.7. The van der Waals surface area contributed by atoms with Crippen LogP contribution >= 0.6 is 11.6 Å². The molecule has 4 aromatic rings. The van der Waals surface area contributed by atoms with Gasteiger partial charge in [0, 0.05) is 17.1 Å². The van der Waals surface area contributed by atoms with Gasteiger partial charge in [0.15, 0.2) is 0 Å². The predicted octanol–water partition coefficient (Wildman–Crippen LogP) is 5.96. The molecule has 4 rings (SSSR count). The number of aromatic nitrogens is 2. The molecule has 0 aliphatic heterocycles. The molecule has 0 spiro atoms. The third kappa shape index (κ3) is 5.11. The Bertz CT molecular complexity index is 1230. The number of carbonyl (C=O) groups is 1. The second kappa shape index (κ2) is 9.88. The minimum absolute atomic E-state index is 0.179. The van der Waals surface area contributed by atoms with Gasteiger partial charge in [-0.25, -0.2) is 4.98 Å². The quantitative estimate of drug-likeness (QED) is 0.339. The summed E-state index contributed by atoms with van der Waals surface area (Å²) in [4.78, 5) is 17.5. The van der Waals surface area contributed by atoms with Crippen molar-refractivity contribution in [1.29, 1.82) is 0 Å². The van der Waals surface area contributed by atoms with Crippen molar-refractivity contribution < 1.29 is 9.53 Å². The number of carbonyl (C=O) groups excluding carboxylic acids is 1. The number of hydrogen-bond donors (Lipinski definition) is 1. The summed E-state index contributed by atoms with van der Waals surface area (Å²) in [6.07, 6.45) is 0.816. The number of halogens is 1. The zero-order valence-electron chi connectivity index (χ0n) is 18.2. The van der Waals surface area contributed by atoms with E-state index < -0.39 is 0 Å². The first-order valence-electron chi connectivity index (χ1n) is 10.7. The summed E-state index contributed by atoms with van der Waals surface area (Å²) in [5, 5.41) is 3.58. The summed E-state index contributed by atoms with van der Waals surface area (Å²) >= 11 is 6.04. The molecule has 1 aromatic heterocycles. The number of nitrogens with one attached hydrogen (secondary N) is 1. The molecule has 1 atom stereocenters. The van der Waals surface area contributed by atoms with Gasteiger partial charge in [-0.2, -0.15) is 0 Å². The largest absolute Gasteiger partial charge is 0.494 e. The molecule has 0 aliphatic carbocycles. The van der Waals surface area contributed by atoms with Crippen LogP contribution in [0.25, 0.3) is 11.0 Å². The maximum Gasteiger partial charge on any atom is 0.251 e. The number of nitrogens with zero attached hydrogens (tertiary/aromatic N) is 2. The molecule has 164 valence electrons. The van der Waals surface area contributed by atoms with E-state index in [9.17, 15) is 4.79 Å². The zero-order chi connectivity index (χ0) is 22.5. The summed E-state index contributed by atoms with van der Waals surface area (Å²) in [5.41, 5.74) is 3.65. The summed E-state index contributed by atoms with van der Waals surface area (Å²) in [7, 11) is 0. The van der Waals surface area contributed by atoms with Gasteiger partial charge < -0.3 is 14.6 Å². The summed E-state index contributed by atoms with van der Waals surface area (Å²) in [6.45, 7) is 5.33. The van der Waals surface area contributed by atoms with E-state index in [4.69, 9.17) is 21.3 Å². The first kappa shape index (κ1) is 21.9. The first-order valence-corrected chi connectivity index (χ1v) is 11.1. The van der Waals surface area contributed by atoms with E-state index in [1.54, 1.807) is 24.3 Å². The summed E-state index contributed by atoms with van der Waals surface area (Å²) in [5.74, 6) is 1.52. The van der Waals surface area contributed by atoms with Crippen LogP contribution in [0.5, 0.6) is 5.75 Å². The molecule has 0 saturated heterocycles. The van der Waals surface area contributed by atoms with Gasteiger partial charge in [0.1, 0.15) is 11.6 Å². The molecule has 1 heterocycles. The minimum atomic E-state index is -0.272. The van der Waals surface area contributed by atoms with Crippen molar-refractivity contribution in [2.24, 2.45) is 0 Å². The molecule has 1 unspecified atom stereocenters. The summed E-state index contributed by atoms with van der Waals surface area (Å²) < 4.78 is 8.08. The molecule has 5 nitrogen and oxygen atoms in total. The Morgan fingerprint density at radius 3 is 2.72 bits per heavy atom. The molecular weight excluding hydrogens is 422 g/mol. The molecule has 1 amide bonds. The van der Waals surface area contributed by atoms with Crippen LogP contribution in [-0.2, 0) is 6.54 Å². The highest BCUT2D eigenvalue weighted by Crippen LogP contribution is 2.22. The first-order chi connectivity index (χ1) is 15.5. The van der Waals surface area contributed by atoms with Gasteiger partial charge in [0.05, 0.1) is 23.7 Å². The number of amides is 1. The van der Waals surface area contributed by atoms with Crippen molar-refractivity contribution in [3.05, 3.63) is 94.8 Å². The Balaban J connectivity index is 1.48. The number of fused-ring (bicyclic) bond motifs is 1. The van der Waals surface area contributed by atoms with Gasteiger partial charge in [0.25, 0.3) is 5.91 Å². The van der Waals surface area contributed by atoms with Crippen molar-refractivity contribution in [2.45, 2.75) is 32.9 Å². The number of ether oxygens (including phenoxy) is 1. The van der Waals surface area contributed by atoms with E-state index in [-0.39, 0.29) is 11.9 Å². The van der Waals surface area contributed by atoms with Crippen LogP contribution in [0.2, 0.25) is 5.02 Å². The van der Waals surface area contributed by atoms with Crippen molar-refractivity contribution in [2.75, 3.05) is 6.61 Å². The van der Waals surface area contributed by atoms with E-state index in [1.165, 1.54) is 5.56 Å². The minimum Gasteiger partial charge on any atom is -0.494 e. The third-order valence-electron chi connectivity index (χ3n) is 5.29. The Labute approximate surface area is 193 Å². The number of aryl methyl sites for hydroxylation is 2. The Morgan fingerprint density at radius 1 is 1.09 bits per heavy atom. The number of hydrogen-bond acceptors (Lipinski definition) is 3. The molecule has 3 aromatic carbocycles. The Morgan fingerprint density at radius 2 is 1.91 bits per heavy atom. The van der Waals surface area contributed by atoms with Crippen LogP contribution in [0.4, 0.5) is 0 Å². The molecule has 0 aliphatic rings. The van der Waals surface area contributed by atoms with Crippen LogP contribution in [0.1, 0.15) is 41.1 Å². The fourth-order valence-electron chi connectivity index (χ4n) is 3.75. The highest BCUT2D eigenvalue weighted by atomic mass is 35.5. The van der Waals surface area contributed by atoms with Crippen LogP contribution in [0, 0.1) is 6.92 Å². The SMILES string of the molecule is Cc1cccc(OCCCn2c(C(C)NC(=O)c3cccc(Cl)c3)nc3ccccc32)c1. The standard InChI is InChI=1S/C26H26ClN3O2/c1-18-8-5-11-22(16-18)32-15-7-14-30-24-13-4-3-12-23(24)29-25(30)19(2)28-26(31)20-9-6-10-21(27)17-20/h3-6,8-13,16-17,19H,7,14-15H2,1-2H3,(H,28,31). The van der Waals surface area contributed by atoms with Crippen molar-refractivity contribution in [3.8, 4) is 5.75 Å². The lowest BCUT2D eigenvalue weighted by atomic mass is 10.2. The Kier molecular flexibility index (Phi) is 6.76. The number of benzene rings is 3. The molecular formula is C26H26ClN3O2.